The molecule has 0 aromatic heterocycles. The van der Waals surface area contributed by atoms with E-state index in [2.05, 4.69) is 5.32 Å². The van der Waals surface area contributed by atoms with Crippen LogP contribution in [0.5, 0.6) is 11.5 Å². The van der Waals surface area contributed by atoms with Crippen LogP contribution in [0, 0.1) is 0 Å². The van der Waals surface area contributed by atoms with E-state index in [0.29, 0.717) is 13.1 Å². The Bertz CT molecular complexity index is 792. The van der Waals surface area contributed by atoms with Crippen LogP contribution in [0.15, 0.2) is 48.5 Å². The Morgan fingerprint density at radius 2 is 2.00 bits per heavy atom. The smallest absolute Gasteiger partial charge is 0.255 e. The van der Waals surface area contributed by atoms with Gasteiger partial charge < -0.3 is 20.1 Å². The highest BCUT2D eigenvalue weighted by Gasteiger charge is 2.31. The Kier molecular flexibility index (Phi) is 5.41. The molecule has 2 aromatic carbocycles. The second-order valence-corrected chi connectivity index (χ2v) is 6.31. The van der Waals surface area contributed by atoms with Gasteiger partial charge in [0, 0.05) is 19.5 Å². The molecule has 1 heterocycles. The van der Waals surface area contributed by atoms with Crippen molar-refractivity contribution in [3.05, 3.63) is 59.7 Å². The molecule has 2 N–H and O–H groups in total. The van der Waals surface area contributed by atoms with Crippen LogP contribution in [0.3, 0.4) is 0 Å². The Hall–Kier alpha value is -3.02. The third-order valence-corrected chi connectivity index (χ3v) is 4.53. The first-order valence-corrected chi connectivity index (χ1v) is 8.57. The Balaban J connectivity index is 1.58. The van der Waals surface area contributed by atoms with Gasteiger partial charge in [-0.15, -0.1) is 0 Å². The van der Waals surface area contributed by atoms with E-state index >= 15 is 0 Å². The van der Waals surface area contributed by atoms with Crippen LogP contribution in [0.1, 0.15) is 22.3 Å². The molecule has 1 fully saturated rings. The predicted octanol–water partition coefficient (Wildman–Crippen LogP) is 1.97. The summed E-state index contributed by atoms with van der Waals surface area (Å²) in [6.45, 7) is 1.10. The summed E-state index contributed by atoms with van der Waals surface area (Å²) in [6, 6.07) is 14.5. The number of nitrogens with zero attached hydrogens (tertiary/aromatic N) is 1. The van der Waals surface area contributed by atoms with Crippen molar-refractivity contribution in [2.45, 2.75) is 18.9 Å². The molecular formula is C20H22N2O4. The van der Waals surface area contributed by atoms with Crippen molar-refractivity contribution in [1.29, 1.82) is 0 Å². The SMILES string of the molecule is COc1cccc(C(=O)NC2CC(=O)N(CCc3ccccc3)C2)c1O. The second kappa shape index (κ2) is 7.91. The van der Waals surface area contributed by atoms with Crippen molar-refractivity contribution < 1.29 is 19.4 Å². The predicted molar refractivity (Wildman–Crippen MR) is 97.3 cm³/mol. The van der Waals surface area contributed by atoms with Crippen molar-refractivity contribution in [2.24, 2.45) is 0 Å². The number of likely N-dealkylation sites (tertiary alicyclic amines) is 1. The van der Waals surface area contributed by atoms with Gasteiger partial charge in [-0.3, -0.25) is 9.59 Å². The van der Waals surface area contributed by atoms with Gasteiger partial charge in [-0.25, -0.2) is 0 Å². The summed E-state index contributed by atoms with van der Waals surface area (Å²) < 4.78 is 5.02. The van der Waals surface area contributed by atoms with Gasteiger partial charge in [0.05, 0.1) is 18.7 Å². The third-order valence-electron chi connectivity index (χ3n) is 4.53. The molecule has 0 saturated carbocycles. The molecule has 0 bridgehead atoms. The van der Waals surface area contributed by atoms with E-state index in [-0.39, 0.29) is 35.4 Å². The van der Waals surface area contributed by atoms with Crippen LogP contribution >= 0.6 is 0 Å². The molecule has 26 heavy (non-hydrogen) atoms. The fraction of sp³-hybridized carbons (Fsp3) is 0.300. The normalized spacial score (nSPS) is 16.6. The van der Waals surface area contributed by atoms with Gasteiger partial charge in [0.15, 0.2) is 11.5 Å². The molecule has 1 saturated heterocycles. The van der Waals surface area contributed by atoms with Crippen LogP contribution in [0.2, 0.25) is 0 Å². The highest BCUT2D eigenvalue weighted by Crippen LogP contribution is 2.29. The van der Waals surface area contributed by atoms with E-state index in [1.807, 2.05) is 30.3 Å². The molecule has 1 atom stereocenters. The zero-order valence-corrected chi connectivity index (χ0v) is 14.6. The summed E-state index contributed by atoms with van der Waals surface area (Å²) in [6.07, 6.45) is 1.05. The van der Waals surface area contributed by atoms with Gasteiger partial charge in [-0.2, -0.15) is 0 Å². The number of rotatable bonds is 6. The molecule has 6 heteroatoms. The van der Waals surface area contributed by atoms with Crippen molar-refractivity contribution >= 4 is 11.8 Å². The first-order valence-electron chi connectivity index (χ1n) is 8.57. The molecule has 6 nitrogen and oxygen atoms in total. The number of hydrogen-bond acceptors (Lipinski definition) is 4. The standard InChI is InChI=1S/C20H22N2O4/c1-26-17-9-5-8-16(19(17)24)20(25)21-15-12-18(23)22(13-15)11-10-14-6-3-2-4-7-14/h2-9,15,24H,10-13H2,1H3,(H,21,25). The average Bonchev–Trinajstić information content (AvgIpc) is 3.00. The van der Waals surface area contributed by atoms with Crippen LogP contribution in [-0.4, -0.2) is 48.1 Å². The minimum Gasteiger partial charge on any atom is -0.504 e. The number of carbonyl (C=O) groups excluding carboxylic acids is 2. The number of benzene rings is 2. The number of phenolic OH excluding ortho intramolecular Hbond substituents is 1. The first kappa shape index (κ1) is 17.8. The van der Waals surface area contributed by atoms with Gasteiger partial charge in [-0.1, -0.05) is 36.4 Å². The maximum atomic E-state index is 12.4. The van der Waals surface area contributed by atoms with Gasteiger partial charge in [0.2, 0.25) is 5.91 Å². The summed E-state index contributed by atoms with van der Waals surface area (Å²) in [5, 5.41) is 12.9. The van der Waals surface area contributed by atoms with Crippen molar-refractivity contribution in [3.8, 4) is 11.5 Å². The Labute approximate surface area is 152 Å². The van der Waals surface area contributed by atoms with E-state index in [9.17, 15) is 14.7 Å². The highest BCUT2D eigenvalue weighted by molar-refractivity contribution is 5.98. The summed E-state index contributed by atoms with van der Waals surface area (Å²) in [7, 11) is 1.43. The zero-order valence-electron chi connectivity index (χ0n) is 14.6. The zero-order chi connectivity index (χ0) is 18.5. The quantitative estimate of drug-likeness (QED) is 0.831. The van der Waals surface area contributed by atoms with Crippen molar-refractivity contribution in [1.82, 2.24) is 10.2 Å². The molecule has 0 aliphatic carbocycles. The maximum absolute atomic E-state index is 12.4. The fourth-order valence-corrected chi connectivity index (χ4v) is 3.13. The van der Waals surface area contributed by atoms with Gasteiger partial charge >= 0.3 is 0 Å². The number of ether oxygens (including phenoxy) is 1. The Morgan fingerprint density at radius 1 is 1.23 bits per heavy atom. The molecule has 1 aliphatic rings. The van der Waals surface area contributed by atoms with E-state index in [4.69, 9.17) is 4.74 Å². The monoisotopic (exact) mass is 354 g/mol. The average molecular weight is 354 g/mol. The maximum Gasteiger partial charge on any atom is 0.255 e. The number of carbonyl (C=O) groups is 2. The molecule has 3 rings (SSSR count). The van der Waals surface area contributed by atoms with E-state index in [1.165, 1.54) is 18.7 Å². The number of hydrogen-bond donors (Lipinski definition) is 2. The lowest BCUT2D eigenvalue weighted by Crippen LogP contribution is -2.37. The minimum absolute atomic E-state index is 0.0288. The molecule has 0 spiro atoms. The minimum atomic E-state index is -0.413. The van der Waals surface area contributed by atoms with Crippen LogP contribution < -0.4 is 10.1 Å². The number of para-hydroxylation sites is 1. The number of phenols is 1. The van der Waals surface area contributed by atoms with Crippen molar-refractivity contribution in [3.63, 3.8) is 0 Å². The van der Waals surface area contributed by atoms with Gasteiger partial charge in [-0.05, 0) is 24.1 Å². The van der Waals surface area contributed by atoms with E-state index in [1.54, 1.807) is 17.0 Å². The summed E-state index contributed by atoms with van der Waals surface area (Å²) in [4.78, 5) is 26.4. The third kappa shape index (κ3) is 3.96. The Morgan fingerprint density at radius 3 is 2.73 bits per heavy atom. The fourth-order valence-electron chi connectivity index (χ4n) is 3.13. The first-order chi connectivity index (χ1) is 12.6. The van der Waals surface area contributed by atoms with Crippen LogP contribution in [-0.2, 0) is 11.2 Å². The molecule has 1 unspecified atom stereocenters. The number of amides is 2. The molecule has 2 aromatic rings. The molecular weight excluding hydrogens is 332 g/mol. The van der Waals surface area contributed by atoms with E-state index < -0.39 is 5.91 Å². The number of nitrogens with one attached hydrogen (secondary N) is 1. The topological polar surface area (TPSA) is 78.9 Å². The van der Waals surface area contributed by atoms with Crippen LogP contribution in [0.4, 0.5) is 0 Å². The molecule has 2 amide bonds. The largest absolute Gasteiger partial charge is 0.504 e. The summed E-state index contributed by atoms with van der Waals surface area (Å²) in [5.74, 6) is -0.340. The van der Waals surface area contributed by atoms with Crippen LogP contribution in [0.25, 0.3) is 0 Å². The summed E-state index contributed by atoms with van der Waals surface area (Å²) in [5.41, 5.74) is 1.31. The van der Waals surface area contributed by atoms with E-state index in [0.717, 1.165) is 6.42 Å². The van der Waals surface area contributed by atoms with Gasteiger partial charge in [0.25, 0.3) is 5.91 Å². The number of aromatic hydroxyl groups is 1. The van der Waals surface area contributed by atoms with Gasteiger partial charge in [0.1, 0.15) is 0 Å². The lowest BCUT2D eigenvalue weighted by Gasteiger charge is -2.17. The summed E-state index contributed by atoms with van der Waals surface area (Å²) >= 11 is 0. The lowest BCUT2D eigenvalue weighted by atomic mass is 10.1. The molecule has 1 aliphatic heterocycles. The van der Waals surface area contributed by atoms with Crippen molar-refractivity contribution in [2.75, 3.05) is 20.2 Å². The molecule has 136 valence electrons. The second-order valence-electron chi connectivity index (χ2n) is 6.31. The molecule has 0 radical (unpaired) electrons. The highest BCUT2D eigenvalue weighted by atomic mass is 16.5. The number of methoxy groups -OCH3 is 1. The lowest BCUT2D eigenvalue weighted by molar-refractivity contribution is -0.127.